The van der Waals surface area contributed by atoms with Crippen LogP contribution in [0.3, 0.4) is 0 Å². The molecular formula is C14H20N4O2S. The normalized spacial score (nSPS) is 11.6. The van der Waals surface area contributed by atoms with Gasteiger partial charge in [-0.25, -0.2) is 8.42 Å². The molecule has 0 aliphatic carbocycles. The Morgan fingerprint density at radius 1 is 1.38 bits per heavy atom. The van der Waals surface area contributed by atoms with Crippen LogP contribution < -0.4 is 11.1 Å². The number of aryl methyl sites for hydroxylation is 2. The number of rotatable bonds is 5. The molecule has 2 rings (SSSR count). The van der Waals surface area contributed by atoms with E-state index >= 15 is 0 Å². The Morgan fingerprint density at radius 2 is 2.10 bits per heavy atom. The van der Waals surface area contributed by atoms with Crippen LogP contribution in [0.2, 0.25) is 0 Å². The van der Waals surface area contributed by atoms with Gasteiger partial charge in [0.05, 0.1) is 22.0 Å². The number of benzene rings is 1. The first kappa shape index (κ1) is 15.4. The van der Waals surface area contributed by atoms with Crippen molar-refractivity contribution in [3.05, 3.63) is 35.7 Å². The van der Waals surface area contributed by atoms with E-state index in [0.29, 0.717) is 17.9 Å². The van der Waals surface area contributed by atoms with Crippen LogP contribution in [0.15, 0.2) is 29.3 Å². The molecule has 2 aromatic rings. The van der Waals surface area contributed by atoms with Gasteiger partial charge in [0.15, 0.2) is 9.84 Å². The lowest BCUT2D eigenvalue weighted by molar-refractivity contribution is 0.602. The highest BCUT2D eigenvalue weighted by molar-refractivity contribution is 7.90. The first-order valence-corrected chi connectivity index (χ1v) is 8.55. The quantitative estimate of drug-likeness (QED) is 0.819. The summed E-state index contributed by atoms with van der Waals surface area (Å²) in [5, 5.41) is 7.60. The van der Waals surface area contributed by atoms with Crippen molar-refractivity contribution in [1.29, 1.82) is 0 Å². The molecule has 1 aromatic heterocycles. The summed E-state index contributed by atoms with van der Waals surface area (Å²) in [5.74, 6) is 0. The van der Waals surface area contributed by atoms with Crippen LogP contribution in [0.1, 0.15) is 18.2 Å². The number of nitrogens with one attached hydrogen (secondary N) is 1. The molecule has 0 aliphatic heterocycles. The highest BCUT2D eigenvalue weighted by Crippen LogP contribution is 2.23. The summed E-state index contributed by atoms with van der Waals surface area (Å²) in [4.78, 5) is 0.223. The molecule has 0 unspecified atom stereocenters. The molecule has 0 amide bonds. The number of aromatic nitrogens is 2. The molecule has 1 heterocycles. The van der Waals surface area contributed by atoms with E-state index in [0.717, 1.165) is 23.9 Å². The minimum atomic E-state index is -3.24. The zero-order valence-corrected chi connectivity index (χ0v) is 13.2. The van der Waals surface area contributed by atoms with E-state index in [4.69, 9.17) is 5.73 Å². The van der Waals surface area contributed by atoms with Crippen molar-refractivity contribution in [3.63, 3.8) is 0 Å². The Kier molecular flexibility index (Phi) is 4.22. The van der Waals surface area contributed by atoms with Gasteiger partial charge in [0.25, 0.3) is 0 Å². The second kappa shape index (κ2) is 5.77. The van der Waals surface area contributed by atoms with Crippen molar-refractivity contribution in [2.45, 2.75) is 24.8 Å². The number of hydrogen-bond donors (Lipinski definition) is 2. The summed E-state index contributed by atoms with van der Waals surface area (Å²) in [7, 11) is -1.35. The fraction of sp³-hybridized carbons (Fsp3) is 0.357. The average molecular weight is 308 g/mol. The standard InChI is InChI=1S/C14H20N4O2S/c1-4-13-10(9-18(2)17-13)8-16-14-6-5-11(7-12(14)15)21(3,19)20/h5-7,9,16H,4,8,15H2,1-3H3. The zero-order valence-electron chi connectivity index (χ0n) is 12.4. The maximum Gasteiger partial charge on any atom is 0.175 e. The van der Waals surface area contributed by atoms with Crippen molar-refractivity contribution < 1.29 is 8.42 Å². The molecule has 21 heavy (non-hydrogen) atoms. The van der Waals surface area contributed by atoms with Gasteiger partial charge in [-0.2, -0.15) is 5.10 Å². The predicted octanol–water partition coefficient (Wildman–Crippen LogP) is 1.58. The van der Waals surface area contributed by atoms with E-state index in [9.17, 15) is 8.42 Å². The van der Waals surface area contributed by atoms with Gasteiger partial charge >= 0.3 is 0 Å². The van der Waals surface area contributed by atoms with Crippen LogP contribution in [-0.2, 0) is 29.9 Å². The second-order valence-electron chi connectivity index (χ2n) is 5.00. The van der Waals surface area contributed by atoms with Crippen molar-refractivity contribution in [2.24, 2.45) is 7.05 Å². The molecule has 0 spiro atoms. The topological polar surface area (TPSA) is 90.0 Å². The van der Waals surface area contributed by atoms with E-state index in [1.54, 1.807) is 16.8 Å². The van der Waals surface area contributed by atoms with Crippen LogP contribution in [0, 0.1) is 0 Å². The van der Waals surface area contributed by atoms with Crippen LogP contribution >= 0.6 is 0 Å². The van der Waals surface area contributed by atoms with Gasteiger partial charge in [-0.15, -0.1) is 0 Å². The maximum absolute atomic E-state index is 11.5. The average Bonchev–Trinajstić information content (AvgIpc) is 2.76. The van der Waals surface area contributed by atoms with Gasteiger partial charge in [0.2, 0.25) is 0 Å². The van der Waals surface area contributed by atoms with Crippen molar-refractivity contribution >= 4 is 21.2 Å². The molecule has 1 aromatic carbocycles. The van der Waals surface area contributed by atoms with Crippen LogP contribution in [0.25, 0.3) is 0 Å². The Hall–Kier alpha value is -2.02. The highest BCUT2D eigenvalue weighted by Gasteiger charge is 2.10. The van der Waals surface area contributed by atoms with Gasteiger partial charge in [-0.05, 0) is 24.6 Å². The summed E-state index contributed by atoms with van der Waals surface area (Å²) in [6.45, 7) is 2.65. The number of nitrogens with zero attached hydrogens (tertiary/aromatic N) is 2. The predicted molar refractivity (Wildman–Crippen MR) is 83.9 cm³/mol. The molecule has 7 heteroatoms. The molecule has 0 saturated carbocycles. The van der Waals surface area contributed by atoms with E-state index in [1.807, 2.05) is 13.2 Å². The van der Waals surface area contributed by atoms with Crippen molar-refractivity contribution in [3.8, 4) is 0 Å². The summed E-state index contributed by atoms with van der Waals surface area (Å²) >= 11 is 0. The maximum atomic E-state index is 11.5. The third-order valence-corrected chi connectivity index (χ3v) is 4.36. The van der Waals surface area contributed by atoms with E-state index in [1.165, 1.54) is 6.07 Å². The van der Waals surface area contributed by atoms with Gasteiger partial charge in [0.1, 0.15) is 0 Å². The summed E-state index contributed by atoms with van der Waals surface area (Å²) < 4.78 is 24.7. The third-order valence-electron chi connectivity index (χ3n) is 3.25. The fourth-order valence-corrected chi connectivity index (χ4v) is 2.81. The monoisotopic (exact) mass is 308 g/mol. The lowest BCUT2D eigenvalue weighted by Gasteiger charge is -2.10. The Bertz CT molecular complexity index is 750. The molecule has 0 fully saturated rings. The molecule has 114 valence electrons. The molecule has 0 saturated heterocycles. The Labute approximate surface area is 124 Å². The molecule has 3 N–H and O–H groups in total. The van der Waals surface area contributed by atoms with Gasteiger partial charge in [0, 0.05) is 31.6 Å². The molecule has 0 aliphatic rings. The fourth-order valence-electron chi connectivity index (χ4n) is 2.15. The first-order chi connectivity index (χ1) is 9.81. The summed E-state index contributed by atoms with van der Waals surface area (Å²) in [6, 6.07) is 4.72. The van der Waals surface area contributed by atoms with Crippen LogP contribution in [0.5, 0.6) is 0 Å². The minimum absolute atomic E-state index is 0.223. The first-order valence-electron chi connectivity index (χ1n) is 6.66. The Morgan fingerprint density at radius 3 is 2.67 bits per heavy atom. The number of sulfone groups is 1. The van der Waals surface area contributed by atoms with Crippen LogP contribution in [-0.4, -0.2) is 24.5 Å². The van der Waals surface area contributed by atoms with Gasteiger partial charge in [-0.1, -0.05) is 6.92 Å². The minimum Gasteiger partial charge on any atom is -0.397 e. The van der Waals surface area contributed by atoms with Gasteiger partial charge < -0.3 is 11.1 Å². The van der Waals surface area contributed by atoms with Crippen molar-refractivity contribution in [1.82, 2.24) is 9.78 Å². The van der Waals surface area contributed by atoms with E-state index in [2.05, 4.69) is 17.3 Å². The number of nitrogens with two attached hydrogens (primary N) is 1. The number of nitrogen functional groups attached to an aromatic ring is 1. The molecule has 0 atom stereocenters. The third kappa shape index (κ3) is 3.55. The lowest BCUT2D eigenvalue weighted by atomic mass is 10.2. The zero-order chi connectivity index (χ0) is 15.6. The molecule has 6 nitrogen and oxygen atoms in total. The summed E-state index contributed by atoms with van der Waals surface area (Å²) in [6.07, 6.45) is 3.99. The highest BCUT2D eigenvalue weighted by atomic mass is 32.2. The van der Waals surface area contributed by atoms with Gasteiger partial charge in [-0.3, -0.25) is 4.68 Å². The van der Waals surface area contributed by atoms with Crippen molar-refractivity contribution in [2.75, 3.05) is 17.3 Å². The smallest absolute Gasteiger partial charge is 0.175 e. The SMILES string of the molecule is CCc1nn(C)cc1CNc1ccc(S(C)(=O)=O)cc1N. The molecule has 0 radical (unpaired) electrons. The van der Waals surface area contributed by atoms with E-state index < -0.39 is 9.84 Å². The molecular weight excluding hydrogens is 288 g/mol. The number of anilines is 2. The van der Waals surface area contributed by atoms with E-state index in [-0.39, 0.29) is 4.90 Å². The second-order valence-corrected chi connectivity index (χ2v) is 7.02. The molecule has 0 bridgehead atoms. The lowest BCUT2D eigenvalue weighted by Crippen LogP contribution is -2.05. The number of hydrogen-bond acceptors (Lipinski definition) is 5. The Balaban J connectivity index is 2.17. The largest absolute Gasteiger partial charge is 0.397 e. The summed E-state index contributed by atoms with van der Waals surface area (Å²) in [5.41, 5.74) is 9.18. The van der Waals surface area contributed by atoms with Crippen LogP contribution in [0.4, 0.5) is 11.4 Å².